The standard InChI is InChI=1S/C15H14F3NO2/c1-20-13-4-2-3-10(14(13)21-15(17)18)9-19-12-7-5-11(16)6-8-12/h2-8,15,19H,9H2,1H3. The van der Waals surface area contributed by atoms with Gasteiger partial charge < -0.3 is 14.8 Å². The van der Waals surface area contributed by atoms with E-state index in [-0.39, 0.29) is 23.9 Å². The van der Waals surface area contributed by atoms with Crippen molar-refractivity contribution in [2.45, 2.75) is 13.2 Å². The number of rotatable bonds is 6. The second-order valence-electron chi connectivity index (χ2n) is 4.19. The number of hydrogen-bond acceptors (Lipinski definition) is 3. The van der Waals surface area contributed by atoms with Gasteiger partial charge in [-0.15, -0.1) is 0 Å². The van der Waals surface area contributed by atoms with Crippen molar-refractivity contribution in [2.75, 3.05) is 12.4 Å². The van der Waals surface area contributed by atoms with Gasteiger partial charge in [-0.25, -0.2) is 4.39 Å². The highest BCUT2D eigenvalue weighted by molar-refractivity contribution is 5.50. The van der Waals surface area contributed by atoms with Crippen LogP contribution >= 0.6 is 0 Å². The third kappa shape index (κ3) is 4.05. The average molecular weight is 297 g/mol. The number of hydrogen-bond donors (Lipinski definition) is 1. The molecule has 112 valence electrons. The Morgan fingerprint density at radius 3 is 2.43 bits per heavy atom. The van der Waals surface area contributed by atoms with E-state index in [0.29, 0.717) is 11.3 Å². The van der Waals surface area contributed by atoms with Gasteiger partial charge in [0.25, 0.3) is 0 Å². The molecule has 1 N–H and O–H groups in total. The molecule has 3 nitrogen and oxygen atoms in total. The second-order valence-corrected chi connectivity index (χ2v) is 4.19. The molecule has 0 saturated carbocycles. The van der Waals surface area contributed by atoms with E-state index in [9.17, 15) is 13.2 Å². The number of para-hydroxylation sites is 1. The molecule has 0 radical (unpaired) electrons. The Hall–Kier alpha value is -2.37. The molecule has 0 heterocycles. The van der Waals surface area contributed by atoms with E-state index in [1.807, 2.05) is 0 Å². The highest BCUT2D eigenvalue weighted by Gasteiger charge is 2.15. The van der Waals surface area contributed by atoms with Crippen LogP contribution in [-0.4, -0.2) is 13.7 Å². The van der Waals surface area contributed by atoms with Crippen LogP contribution < -0.4 is 14.8 Å². The van der Waals surface area contributed by atoms with E-state index in [1.54, 1.807) is 30.3 Å². The van der Waals surface area contributed by atoms with Gasteiger partial charge in [0.15, 0.2) is 11.5 Å². The normalized spacial score (nSPS) is 10.5. The lowest BCUT2D eigenvalue weighted by atomic mass is 10.1. The Morgan fingerprint density at radius 2 is 1.81 bits per heavy atom. The Morgan fingerprint density at radius 1 is 1.10 bits per heavy atom. The molecule has 6 heteroatoms. The Labute approximate surface area is 120 Å². The molecule has 0 fully saturated rings. The van der Waals surface area contributed by atoms with Crippen LogP contribution in [0.1, 0.15) is 5.56 Å². The predicted molar refractivity (Wildman–Crippen MR) is 73.4 cm³/mol. The molecule has 0 spiro atoms. The van der Waals surface area contributed by atoms with Gasteiger partial charge in [-0.1, -0.05) is 12.1 Å². The highest BCUT2D eigenvalue weighted by atomic mass is 19.3. The van der Waals surface area contributed by atoms with E-state index in [2.05, 4.69) is 10.1 Å². The van der Waals surface area contributed by atoms with Gasteiger partial charge in [0, 0.05) is 17.8 Å². The van der Waals surface area contributed by atoms with E-state index in [4.69, 9.17) is 4.74 Å². The van der Waals surface area contributed by atoms with Gasteiger partial charge in [-0.3, -0.25) is 0 Å². The van der Waals surface area contributed by atoms with Crippen molar-refractivity contribution in [3.8, 4) is 11.5 Å². The van der Waals surface area contributed by atoms with Crippen molar-refractivity contribution in [3.05, 3.63) is 53.8 Å². The van der Waals surface area contributed by atoms with Crippen molar-refractivity contribution in [3.63, 3.8) is 0 Å². The second kappa shape index (κ2) is 6.88. The zero-order valence-electron chi connectivity index (χ0n) is 11.3. The molecule has 0 saturated heterocycles. The molecular formula is C15H14F3NO2. The molecule has 0 aromatic heterocycles. The van der Waals surface area contributed by atoms with Crippen LogP contribution in [0.3, 0.4) is 0 Å². The van der Waals surface area contributed by atoms with Crippen molar-refractivity contribution < 1.29 is 22.6 Å². The van der Waals surface area contributed by atoms with E-state index >= 15 is 0 Å². The number of alkyl halides is 2. The summed E-state index contributed by atoms with van der Waals surface area (Å²) in [7, 11) is 1.38. The fourth-order valence-electron chi connectivity index (χ4n) is 1.85. The number of benzene rings is 2. The Bertz CT molecular complexity index is 588. The fraction of sp³-hybridized carbons (Fsp3) is 0.200. The molecule has 0 atom stereocenters. The summed E-state index contributed by atoms with van der Waals surface area (Å²) in [6, 6.07) is 10.6. The molecule has 0 bridgehead atoms. The van der Waals surface area contributed by atoms with Crippen LogP contribution in [0.2, 0.25) is 0 Å². The first-order valence-corrected chi connectivity index (χ1v) is 6.20. The molecule has 0 unspecified atom stereocenters. The number of halogens is 3. The maximum atomic E-state index is 12.8. The van der Waals surface area contributed by atoms with E-state index < -0.39 is 6.61 Å². The van der Waals surface area contributed by atoms with Gasteiger partial charge in [0.05, 0.1) is 7.11 Å². The largest absolute Gasteiger partial charge is 0.493 e. The van der Waals surface area contributed by atoms with Crippen molar-refractivity contribution in [1.29, 1.82) is 0 Å². The third-order valence-corrected chi connectivity index (χ3v) is 2.81. The number of nitrogens with one attached hydrogen (secondary N) is 1. The lowest BCUT2D eigenvalue weighted by Crippen LogP contribution is -2.08. The molecular weight excluding hydrogens is 283 g/mol. The molecule has 2 rings (SSSR count). The van der Waals surface area contributed by atoms with Crippen molar-refractivity contribution in [2.24, 2.45) is 0 Å². The summed E-state index contributed by atoms with van der Waals surface area (Å²) in [6.45, 7) is -2.70. The van der Waals surface area contributed by atoms with E-state index in [1.165, 1.54) is 19.2 Å². The predicted octanol–water partition coefficient (Wildman–Crippen LogP) is 4.05. The van der Waals surface area contributed by atoms with Crippen molar-refractivity contribution >= 4 is 5.69 Å². The minimum absolute atomic E-state index is 0.00962. The van der Waals surface area contributed by atoms with Crippen LogP contribution in [0, 0.1) is 5.82 Å². The SMILES string of the molecule is COc1cccc(CNc2ccc(F)cc2)c1OC(F)F. The first-order valence-electron chi connectivity index (χ1n) is 6.20. The number of anilines is 1. The molecule has 2 aromatic carbocycles. The summed E-state index contributed by atoms with van der Waals surface area (Å²) in [5, 5.41) is 3.01. The number of ether oxygens (including phenoxy) is 2. The minimum Gasteiger partial charge on any atom is -0.493 e. The van der Waals surface area contributed by atoms with Crippen molar-refractivity contribution in [1.82, 2.24) is 0 Å². The quantitative estimate of drug-likeness (QED) is 0.872. The Balaban J connectivity index is 2.16. The van der Waals surface area contributed by atoms with Gasteiger partial charge in [-0.05, 0) is 30.3 Å². The van der Waals surface area contributed by atoms with Crippen LogP contribution in [0.25, 0.3) is 0 Å². The summed E-state index contributed by atoms with van der Waals surface area (Å²) in [6.07, 6.45) is 0. The van der Waals surface area contributed by atoms with Crippen LogP contribution in [0.4, 0.5) is 18.9 Å². The van der Waals surface area contributed by atoms with Gasteiger partial charge >= 0.3 is 6.61 Å². The van der Waals surface area contributed by atoms with Gasteiger partial charge in [0.1, 0.15) is 5.82 Å². The fourth-order valence-corrected chi connectivity index (χ4v) is 1.85. The number of methoxy groups -OCH3 is 1. The summed E-state index contributed by atoms with van der Waals surface area (Å²) < 4.78 is 47.3. The van der Waals surface area contributed by atoms with Crippen LogP contribution in [0.5, 0.6) is 11.5 Å². The third-order valence-electron chi connectivity index (χ3n) is 2.81. The summed E-state index contributed by atoms with van der Waals surface area (Å²) in [5.41, 5.74) is 1.18. The monoisotopic (exact) mass is 297 g/mol. The molecule has 2 aromatic rings. The van der Waals surface area contributed by atoms with Crippen LogP contribution in [-0.2, 0) is 6.54 Å². The first-order chi connectivity index (χ1) is 10.1. The maximum absolute atomic E-state index is 12.8. The maximum Gasteiger partial charge on any atom is 0.387 e. The highest BCUT2D eigenvalue weighted by Crippen LogP contribution is 2.32. The summed E-state index contributed by atoms with van der Waals surface area (Å²) >= 11 is 0. The zero-order chi connectivity index (χ0) is 15.2. The molecule has 0 aliphatic heterocycles. The lowest BCUT2D eigenvalue weighted by Gasteiger charge is -2.15. The molecule has 21 heavy (non-hydrogen) atoms. The summed E-state index contributed by atoms with van der Waals surface area (Å²) in [4.78, 5) is 0. The minimum atomic E-state index is -2.94. The Kier molecular flexibility index (Phi) is 4.92. The average Bonchev–Trinajstić information content (AvgIpc) is 2.47. The topological polar surface area (TPSA) is 30.5 Å². The zero-order valence-corrected chi connectivity index (χ0v) is 11.3. The summed E-state index contributed by atoms with van der Waals surface area (Å²) in [5.74, 6) is -0.123. The van der Waals surface area contributed by atoms with E-state index in [0.717, 1.165) is 0 Å². The first kappa shape index (κ1) is 15.0. The van der Waals surface area contributed by atoms with Gasteiger partial charge in [-0.2, -0.15) is 8.78 Å². The van der Waals surface area contributed by atoms with Gasteiger partial charge in [0.2, 0.25) is 0 Å². The molecule has 0 aliphatic rings. The lowest BCUT2D eigenvalue weighted by molar-refractivity contribution is -0.0517. The molecule has 0 aliphatic carbocycles. The van der Waals surface area contributed by atoms with Crippen LogP contribution in [0.15, 0.2) is 42.5 Å². The smallest absolute Gasteiger partial charge is 0.387 e. The molecule has 0 amide bonds.